The van der Waals surface area contributed by atoms with Crippen molar-refractivity contribution < 1.29 is 9.18 Å². The SMILES string of the molecule is CC(C)CCC(C)NC(=O)Nc1ccc(F)cc1Cl. The molecule has 1 aromatic rings. The summed E-state index contributed by atoms with van der Waals surface area (Å²) in [4.78, 5) is 11.7. The third kappa shape index (κ3) is 5.92. The van der Waals surface area contributed by atoms with Crippen molar-refractivity contribution in [2.45, 2.75) is 39.7 Å². The Morgan fingerprint density at radius 3 is 2.58 bits per heavy atom. The first kappa shape index (κ1) is 15.8. The minimum Gasteiger partial charge on any atom is -0.335 e. The first-order valence-electron chi connectivity index (χ1n) is 6.41. The second-order valence-electron chi connectivity index (χ2n) is 5.09. The van der Waals surface area contributed by atoms with Crippen LogP contribution in [0.5, 0.6) is 0 Å². The Hall–Kier alpha value is -1.29. The van der Waals surface area contributed by atoms with Gasteiger partial charge in [-0.1, -0.05) is 25.4 Å². The van der Waals surface area contributed by atoms with Gasteiger partial charge in [-0.2, -0.15) is 0 Å². The molecule has 2 amide bonds. The maximum absolute atomic E-state index is 12.9. The molecular weight excluding hydrogens is 267 g/mol. The number of benzene rings is 1. The van der Waals surface area contributed by atoms with E-state index >= 15 is 0 Å². The van der Waals surface area contributed by atoms with Gasteiger partial charge < -0.3 is 10.6 Å². The molecule has 5 heteroatoms. The highest BCUT2D eigenvalue weighted by molar-refractivity contribution is 6.33. The number of anilines is 1. The number of urea groups is 1. The molecule has 0 aliphatic heterocycles. The number of nitrogens with one attached hydrogen (secondary N) is 2. The zero-order valence-electron chi connectivity index (χ0n) is 11.5. The van der Waals surface area contributed by atoms with Gasteiger partial charge in [0.2, 0.25) is 0 Å². The Kier molecular flexibility index (Phi) is 6.09. The molecule has 0 aromatic heterocycles. The lowest BCUT2D eigenvalue weighted by Crippen LogP contribution is -2.36. The smallest absolute Gasteiger partial charge is 0.319 e. The van der Waals surface area contributed by atoms with Gasteiger partial charge in [0.05, 0.1) is 10.7 Å². The molecule has 0 radical (unpaired) electrons. The predicted octanol–water partition coefficient (Wildman–Crippen LogP) is 4.43. The van der Waals surface area contributed by atoms with Crippen molar-refractivity contribution in [3.8, 4) is 0 Å². The number of rotatable bonds is 5. The van der Waals surface area contributed by atoms with E-state index in [4.69, 9.17) is 11.6 Å². The van der Waals surface area contributed by atoms with E-state index in [0.29, 0.717) is 11.6 Å². The molecule has 0 saturated heterocycles. The maximum Gasteiger partial charge on any atom is 0.319 e. The summed E-state index contributed by atoms with van der Waals surface area (Å²) in [7, 11) is 0. The van der Waals surface area contributed by atoms with Crippen molar-refractivity contribution in [3.63, 3.8) is 0 Å². The van der Waals surface area contributed by atoms with Crippen LogP contribution in [0, 0.1) is 11.7 Å². The number of halogens is 2. The summed E-state index contributed by atoms with van der Waals surface area (Å²) in [6, 6.07) is 3.62. The number of hydrogen-bond acceptors (Lipinski definition) is 1. The standard InChI is InChI=1S/C14H20ClFN2O/c1-9(2)4-5-10(3)17-14(19)18-13-7-6-11(16)8-12(13)15/h6-10H,4-5H2,1-3H3,(H2,17,18,19). The van der Waals surface area contributed by atoms with E-state index in [2.05, 4.69) is 24.5 Å². The van der Waals surface area contributed by atoms with E-state index in [-0.39, 0.29) is 17.1 Å². The van der Waals surface area contributed by atoms with Crippen LogP contribution in [0.1, 0.15) is 33.6 Å². The molecule has 19 heavy (non-hydrogen) atoms. The molecule has 1 aromatic carbocycles. The Morgan fingerprint density at radius 1 is 1.32 bits per heavy atom. The van der Waals surface area contributed by atoms with E-state index in [9.17, 15) is 9.18 Å². The van der Waals surface area contributed by atoms with Crippen LogP contribution < -0.4 is 10.6 Å². The van der Waals surface area contributed by atoms with Gasteiger partial charge in [-0.3, -0.25) is 0 Å². The van der Waals surface area contributed by atoms with Gasteiger partial charge >= 0.3 is 6.03 Å². The predicted molar refractivity (Wildman–Crippen MR) is 77.1 cm³/mol. The number of hydrogen-bond donors (Lipinski definition) is 2. The summed E-state index contributed by atoms with van der Waals surface area (Å²) in [6.45, 7) is 6.24. The van der Waals surface area contributed by atoms with E-state index < -0.39 is 5.82 Å². The fourth-order valence-electron chi connectivity index (χ4n) is 1.63. The molecule has 1 unspecified atom stereocenters. The summed E-state index contributed by atoms with van der Waals surface area (Å²) in [5.74, 6) is 0.181. The molecular formula is C14H20ClFN2O. The maximum atomic E-state index is 12.9. The Balaban J connectivity index is 2.46. The lowest BCUT2D eigenvalue weighted by molar-refractivity contribution is 0.248. The highest BCUT2D eigenvalue weighted by Crippen LogP contribution is 2.22. The van der Waals surface area contributed by atoms with Crippen molar-refractivity contribution in [1.82, 2.24) is 5.32 Å². The molecule has 0 aliphatic carbocycles. The molecule has 0 spiro atoms. The Morgan fingerprint density at radius 2 is 2.00 bits per heavy atom. The highest BCUT2D eigenvalue weighted by Gasteiger charge is 2.10. The van der Waals surface area contributed by atoms with E-state index in [0.717, 1.165) is 12.8 Å². The minimum atomic E-state index is -0.429. The van der Waals surface area contributed by atoms with Crippen LogP contribution in [0.25, 0.3) is 0 Å². The summed E-state index contributed by atoms with van der Waals surface area (Å²) >= 11 is 5.83. The third-order valence-electron chi connectivity index (χ3n) is 2.73. The fraction of sp³-hybridized carbons (Fsp3) is 0.500. The van der Waals surface area contributed by atoms with Gasteiger partial charge in [-0.25, -0.2) is 9.18 Å². The van der Waals surface area contributed by atoms with Crippen LogP contribution in [0.2, 0.25) is 5.02 Å². The van der Waals surface area contributed by atoms with Crippen LogP contribution in [-0.2, 0) is 0 Å². The first-order valence-corrected chi connectivity index (χ1v) is 6.79. The van der Waals surface area contributed by atoms with Gasteiger partial charge in [0.1, 0.15) is 5.82 Å². The van der Waals surface area contributed by atoms with Gasteiger partial charge in [0, 0.05) is 6.04 Å². The summed E-state index contributed by atoms with van der Waals surface area (Å²) in [6.07, 6.45) is 1.97. The van der Waals surface area contributed by atoms with Crippen molar-refractivity contribution >= 4 is 23.3 Å². The molecule has 0 saturated carbocycles. The fourth-order valence-corrected chi connectivity index (χ4v) is 1.84. The quantitative estimate of drug-likeness (QED) is 0.826. The summed E-state index contributed by atoms with van der Waals surface area (Å²) in [5, 5.41) is 5.62. The lowest BCUT2D eigenvalue weighted by Gasteiger charge is -2.16. The van der Waals surface area contributed by atoms with E-state index in [1.54, 1.807) is 0 Å². The van der Waals surface area contributed by atoms with Crippen LogP contribution >= 0.6 is 11.6 Å². The molecule has 0 bridgehead atoms. The number of carbonyl (C=O) groups is 1. The average molecular weight is 287 g/mol. The molecule has 2 N–H and O–H groups in total. The zero-order chi connectivity index (χ0) is 14.4. The second kappa shape index (κ2) is 7.34. The first-order chi connectivity index (χ1) is 8.88. The van der Waals surface area contributed by atoms with Gasteiger partial charge in [0.15, 0.2) is 0 Å². The lowest BCUT2D eigenvalue weighted by atomic mass is 10.0. The topological polar surface area (TPSA) is 41.1 Å². The molecule has 0 aliphatic rings. The molecule has 106 valence electrons. The Labute approximate surface area is 118 Å². The summed E-state index contributed by atoms with van der Waals surface area (Å²) in [5.41, 5.74) is 0.400. The average Bonchev–Trinajstić information content (AvgIpc) is 2.30. The molecule has 3 nitrogen and oxygen atoms in total. The highest BCUT2D eigenvalue weighted by atomic mass is 35.5. The van der Waals surface area contributed by atoms with Crippen LogP contribution in [-0.4, -0.2) is 12.1 Å². The van der Waals surface area contributed by atoms with Gasteiger partial charge in [0.25, 0.3) is 0 Å². The third-order valence-corrected chi connectivity index (χ3v) is 3.05. The van der Waals surface area contributed by atoms with Gasteiger partial charge in [-0.05, 0) is 43.9 Å². The minimum absolute atomic E-state index is 0.0848. The van der Waals surface area contributed by atoms with Gasteiger partial charge in [-0.15, -0.1) is 0 Å². The Bertz CT molecular complexity index is 437. The molecule has 1 atom stereocenters. The molecule has 0 fully saturated rings. The number of amides is 2. The van der Waals surface area contributed by atoms with E-state index in [1.807, 2.05) is 6.92 Å². The normalized spacial score (nSPS) is 12.3. The van der Waals surface area contributed by atoms with Crippen LogP contribution in [0.4, 0.5) is 14.9 Å². The van der Waals surface area contributed by atoms with Crippen molar-refractivity contribution in [2.24, 2.45) is 5.92 Å². The largest absolute Gasteiger partial charge is 0.335 e. The van der Waals surface area contributed by atoms with Crippen molar-refractivity contribution in [2.75, 3.05) is 5.32 Å². The number of carbonyl (C=O) groups excluding carboxylic acids is 1. The van der Waals surface area contributed by atoms with Crippen molar-refractivity contribution in [1.29, 1.82) is 0 Å². The van der Waals surface area contributed by atoms with Crippen LogP contribution in [0.3, 0.4) is 0 Å². The molecule has 0 heterocycles. The second-order valence-corrected chi connectivity index (χ2v) is 5.50. The van der Waals surface area contributed by atoms with E-state index in [1.165, 1.54) is 18.2 Å². The molecule has 1 rings (SSSR count). The summed E-state index contributed by atoms with van der Waals surface area (Å²) < 4.78 is 12.9. The monoisotopic (exact) mass is 286 g/mol. The van der Waals surface area contributed by atoms with Crippen LogP contribution in [0.15, 0.2) is 18.2 Å². The van der Waals surface area contributed by atoms with Crippen molar-refractivity contribution in [3.05, 3.63) is 29.0 Å². The zero-order valence-corrected chi connectivity index (χ0v) is 12.2.